The first-order valence-corrected chi connectivity index (χ1v) is 9.28. The van der Waals surface area contributed by atoms with Crippen LogP contribution < -0.4 is 18.9 Å². The van der Waals surface area contributed by atoms with Crippen LogP contribution >= 0.6 is 0 Å². The topological polar surface area (TPSA) is 130 Å². The lowest BCUT2D eigenvalue weighted by molar-refractivity contribution is 0.0586. The number of hydrogen-bond donors (Lipinski definition) is 2. The first kappa shape index (κ1) is 24.4. The Bertz CT molecular complexity index is 986. The fraction of sp³-hybridized carbons (Fsp3) is 0.364. The van der Waals surface area contributed by atoms with Crippen molar-refractivity contribution in [2.24, 2.45) is 0 Å². The Labute approximate surface area is 185 Å². The summed E-state index contributed by atoms with van der Waals surface area (Å²) in [6.45, 7) is 3.06. The molecular weight excluding hydrogens is 424 g/mol. The van der Waals surface area contributed by atoms with E-state index in [-0.39, 0.29) is 56.4 Å². The zero-order chi connectivity index (χ0) is 24.3. The van der Waals surface area contributed by atoms with Crippen molar-refractivity contribution in [2.75, 3.05) is 42.7 Å². The van der Waals surface area contributed by atoms with Crippen molar-refractivity contribution >= 4 is 11.9 Å². The van der Waals surface area contributed by atoms with E-state index in [1.165, 1.54) is 42.3 Å². The Morgan fingerprint density at radius 2 is 0.844 bits per heavy atom. The van der Waals surface area contributed by atoms with Crippen LogP contribution in [-0.2, 0) is 9.47 Å². The molecular formula is C22H26O10. The largest absolute Gasteiger partial charge is 0.506 e. The lowest BCUT2D eigenvalue weighted by Gasteiger charge is -2.24. The number of aromatic hydroxyl groups is 2. The van der Waals surface area contributed by atoms with E-state index in [1.54, 1.807) is 0 Å². The van der Waals surface area contributed by atoms with Gasteiger partial charge in [-0.25, -0.2) is 9.59 Å². The third kappa shape index (κ3) is 3.57. The van der Waals surface area contributed by atoms with E-state index in [4.69, 9.17) is 28.4 Å². The molecule has 0 saturated carbocycles. The number of phenols is 2. The lowest BCUT2D eigenvalue weighted by Crippen LogP contribution is -2.11. The van der Waals surface area contributed by atoms with Crippen LogP contribution in [0.5, 0.6) is 34.5 Å². The number of carbonyl (C=O) groups excluding carboxylic acids is 2. The van der Waals surface area contributed by atoms with Gasteiger partial charge in [0, 0.05) is 11.1 Å². The molecule has 10 nitrogen and oxygen atoms in total. The minimum absolute atomic E-state index is 0.0227. The van der Waals surface area contributed by atoms with Crippen LogP contribution in [-0.4, -0.2) is 64.8 Å². The fourth-order valence-electron chi connectivity index (χ4n) is 3.66. The number of rotatable bonds is 7. The van der Waals surface area contributed by atoms with E-state index in [0.717, 1.165) is 14.2 Å². The van der Waals surface area contributed by atoms with Crippen molar-refractivity contribution in [2.45, 2.75) is 13.8 Å². The molecule has 2 aromatic rings. The number of esters is 2. The van der Waals surface area contributed by atoms with E-state index in [9.17, 15) is 19.8 Å². The first-order chi connectivity index (χ1) is 15.2. The van der Waals surface area contributed by atoms with Crippen LogP contribution in [0.25, 0.3) is 11.1 Å². The highest BCUT2D eigenvalue weighted by Crippen LogP contribution is 2.57. The Balaban J connectivity index is 3.25. The molecule has 0 aliphatic carbocycles. The van der Waals surface area contributed by atoms with Crippen LogP contribution in [0, 0.1) is 13.8 Å². The minimum atomic E-state index is -0.854. The smallest absolute Gasteiger partial charge is 0.342 e. The average molecular weight is 450 g/mol. The van der Waals surface area contributed by atoms with Crippen LogP contribution in [0.1, 0.15) is 31.8 Å². The van der Waals surface area contributed by atoms with E-state index in [1.807, 2.05) is 0 Å². The highest BCUT2D eigenvalue weighted by atomic mass is 16.5. The number of hydrogen-bond acceptors (Lipinski definition) is 10. The number of ether oxygens (including phenoxy) is 6. The number of phenolic OH excluding ortho intramolecular Hbond substituents is 2. The Morgan fingerprint density at radius 1 is 0.562 bits per heavy atom. The van der Waals surface area contributed by atoms with E-state index in [2.05, 4.69) is 0 Å². The maximum absolute atomic E-state index is 12.5. The molecule has 2 N–H and O–H groups in total. The van der Waals surface area contributed by atoms with E-state index >= 15 is 0 Å². The van der Waals surface area contributed by atoms with Crippen molar-refractivity contribution in [3.63, 3.8) is 0 Å². The molecule has 0 spiro atoms. The molecule has 2 aromatic carbocycles. The van der Waals surface area contributed by atoms with Gasteiger partial charge in [0.05, 0.1) is 53.8 Å². The summed E-state index contributed by atoms with van der Waals surface area (Å²) >= 11 is 0. The minimum Gasteiger partial charge on any atom is -0.506 e. The van der Waals surface area contributed by atoms with Crippen molar-refractivity contribution in [3.8, 4) is 45.6 Å². The molecule has 0 unspecified atom stereocenters. The molecule has 0 saturated heterocycles. The van der Waals surface area contributed by atoms with Crippen molar-refractivity contribution in [1.29, 1.82) is 0 Å². The lowest BCUT2D eigenvalue weighted by atomic mass is 9.90. The summed E-state index contributed by atoms with van der Waals surface area (Å²) in [5.41, 5.74) is -0.311. The van der Waals surface area contributed by atoms with Crippen LogP contribution in [0.15, 0.2) is 0 Å². The highest BCUT2D eigenvalue weighted by Gasteiger charge is 2.35. The third-order valence-electron chi connectivity index (χ3n) is 5.09. The second-order valence-electron chi connectivity index (χ2n) is 6.56. The summed E-state index contributed by atoms with van der Waals surface area (Å²) in [5.74, 6) is -2.72. The quantitative estimate of drug-likeness (QED) is 0.607. The zero-order valence-corrected chi connectivity index (χ0v) is 19.2. The molecule has 2 rings (SSSR count). The summed E-state index contributed by atoms with van der Waals surface area (Å²) in [4.78, 5) is 24.9. The normalized spacial score (nSPS) is 10.4. The Kier molecular flexibility index (Phi) is 7.29. The van der Waals surface area contributed by atoms with Gasteiger partial charge in [0.15, 0.2) is 23.0 Å². The second kappa shape index (κ2) is 9.54. The predicted octanol–water partition coefficient (Wildman–Crippen LogP) is 2.99. The first-order valence-electron chi connectivity index (χ1n) is 9.28. The maximum Gasteiger partial charge on any atom is 0.342 e. The summed E-state index contributed by atoms with van der Waals surface area (Å²) in [5, 5.41) is 22.3. The summed E-state index contributed by atoms with van der Waals surface area (Å²) < 4.78 is 31.4. The van der Waals surface area contributed by atoms with Crippen molar-refractivity contribution < 1.29 is 48.2 Å². The second-order valence-corrected chi connectivity index (χ2v) is 6.56. The molecule has 0 bridgehead atoms. The van der Waals surface area contributed by atoms with Crippen LogP contribution in [0.3, 0.4) is 0 Å². The predicted molar refractivity (Wildman–Crippen MR) is 114 cm³/mol. The molecule has 32 heavy (non-hydrogen) atoms. The molecule has 0 aliphatic heterocycles. The van der Waals surface area contributed by atoms with Gasteiger partial charge in [-0.3, -0.25) is 0 Å². The zero-order valence-electron chi connectivity index (χ0n) is 19.2. The number of carbonyl (C=O) groups is 2. The van der Waals surface area contributed by atoms with Gasteiger partial charge in [0.25, 0.3) is 0 Å². The van der Waals surface area contributed by atoms with Gasteiger partial charge in [0.2, 0.25) is 0 Å². The summed E-state index contributed by atoms with van der Waals surface area (Å²) in [7, 11) is 7.63. The third-order valence-corrected chi connectivity index (χ3v) is 5.09. The van der Waals surface area contributed by atoms with Gasteiger partial charge in [-0.1, -0.05) is 0 Å². The monoisotopic (exact) mass is 450 g/mol. The van der Waals surface area contributed by atoms with Crippen LogP contribution in [0.2, 0.25) is 0 Å². The van der Waals surface area contributed by atoms with Crippen molar-refractivity contribution in [3.05, 3.63) is 22.3 Å². The number of methoxy groups -OCH3 is 6. The van der Waals surface area contributed by atoms with Gasteiger partial charge >= 0.3 is 11.9 Å². The van der Waals surface area contributed by atoms with Gasteiger partial charge in [-0.05, 0) is 13.8 Å². The van der Waals surface area contributed by atoms with Gasteiger partial charge < -0.3 is 38.6 Å². The molecule has 0 atom stereocenters. The number of benzene rings is 2. The summed E-state index contributed by atoms with van der Waals surface area (Å²) in [6, 6.07) is 0. The molecule has 0 heterocycles. The molecule has 0 amide bonds. The molecule has 0 fully saturated rings. The molecule has 174 valence electrons. The van der Waals surface area contributed by atoms with Gasteiger partial charge in [0.1, 0.15) is 22.6 Å². The van der Waals surface area contributed by atoms with Crippen LogP contribution in [0.4, 0.5) is 0 Å². The molecule has 10 heteroatoms. The highest BCUT2D eigenvalue weighted by molar-refractivity contribution is 6.05. The van der Waals surface area contributed by atoms with E-state index < -0.39 is 23.4 Å². The van der Waals surface area contributed by atoms with E-state index in [0.29, 0.717) is 0 Å². The SMILES string of the molecule is COC(=O)c1c(C)c(OC)c(OC)c(-c2c(O)c(C(=O)OC)c(C)c(OC)c2OC)c1O. The standard InChI is InChI=1S/C22H26O10/c1-9-11(21(25)31-7)15(23)13(19(29-5)17(9)27-3)14-16(24)12(22(26)32-8)10(2)18(28-4)20(14)30-6/h23-24H,1-8H3. The average Bonchev–Trinajstić information content (AvgIpc) is 2.78. The van der Waals surface area contributed by atoms with Gasteiger partial charge in [-0.15, -0.1) is 0 Å². The Morgan fingerprint density at radius 3 is 1.06 bits per heavy atom. The van der Waals surface area contributed by atoms with Gasteiger partial charge in [-0.2, -0.15) is 0 Å². The van der Waals surface area contributed by atoms with Crippen molar-refractivity contribution in [1.82, 2.24) is 0 Å². The maximum atomic E-state index is 12.5. The fourth-order valence-corrected chi connectivity index (χ4v) is 3.66. The Hall–Kier alpha value is -3.82. The molecule has 0 aromatic heterocycles. The molecule has 0 aliphatic rings. The molecule has 0 radical (unpaired) electrons. The summed E-state index contributed by atoms with van der Waals surface area (Å²) in [6.07, 6.45) is 0.